The second kappa shape index (κ2) is 5.09. The molecule has 3 aromatic rings. The van der Waals surface area contributed by atoms with Crippen molar-refractivity contribution in [1.82, 2.24) is 14.4 Å². The van der Waals surface area contributed by atoms with Gasteiger partial charge in [-0.25, -0.2) is 14.4 Å². The van der Waals surface area contributed by atoms with Crippen molar-refractivity contribution in [2.24, 2.45) is 0 Å². The summed E-state index contributed by atoms with van der Waals surface area (Å²) in [5.74, 6) is 0.737. The van der Waals surface area contributed by atoms with Crippen molar-refractivity contribution < 1.29 is 4.39 Å². The molecule has 0 saturated heterocycles. The molecule has 0 saturated carbocycles. The van der Waals surface area contributed by atoms with Crippen LogP contribution < -0.4 is 0 Å². The van der Waals surface area contributed by atoms with Crippen LogP contribution in [0, 0.1) is 5.82 Å². The summed E-state index contributed by atoms with van der Waals surface area (Å²) >= 11 is 3.41. The van der Waals surface area contributed by atoms with Gasteiger partial charge in [0.25, 0.3) is 0 Å². The lowest BCUT2D eigenvalue weighted by atomic mass is 10.1. The van der Waals surface area contributed by atoms with Gasteiger partial charge in [0.05, 0.1) is 0 Å². The molecule has 0 N–H and O–H groups in total. The fourth-order valence-corrected chi connectivity index (χ4v) is 2.53. The van der Waals surface area contributed by atoms with E-state index in [4.69, 9.17) is 0 Å². The molecule has 3 nitrogen and oxygen atoms in total. The van der Waals surface area contributed by atoms with Crippen molar-refractivity contribution in [3.05, 3.63) is 64.5 Å². The molecule has 0 aliphatic carbocycles. The lowest BCUT2D eigenvalue weighted by Gasteiger charge is -2.01. The first-order valence-corrected chi connectivity index (χ1v) is 6.75. The number of fused-ring (bicyclic) bond motifs is 1. The van der Waals surface area contributed by atoms with Gasteiger partial charge in [-0.3, -0.25) is 4.40 Å². The molecule has 2 heterocycles. The molecule has 1 aromatic carbocycles. The van der Waals surface area contributed by atoms with Gasteiger partial charge < -0.3 is 0 Å². The maximum absolute atomic E-state index is 12.8. The summed E-state index contributed by atoms with van der Waals surface area (Å²) in [4.78, 5) is 8.74. The third-order valence-electron chi connectivity index (χ3n) is 2.99. The van der Waals surface area contributed by atoms with Crippen LogP contribution in [0.4, 0.5) is 4.39 Å². The molecule has 19 heavy (non-hydrogen) atoms. The largest absolute Gasteiger partial charge is 0.287 e. The van der Waals surface area contributed by atoms with Crippen LogP contribution in [0.3, 0.4) is 0 Å². The Morgan fingerprint density at radius 2 is 1.95 bits per heavy atom. The fourth-order valence-electron chi connectivity index (χ4n) is 2.03. The molecule has 0 atom stereocenters. The topological polar surface area (TPSA) is 30.2 Å². The minimum Gasteiger partial charge on any atom is -0.287 e. The quantitative estimate of drug-likeness (QED) is 0.740. The van der Waals surface area contributed by atoms with Crippen molar-refractivity contribution in [3.63, 3.8) is 0 Å². The van der Waals surface area contributed by atoms with E-state index in [-0.39, 0.29) is 5.82 Å². The molecule has 0 spiro atoms. The lowest BCUT2D eigenvalue weighted by molar-refractivity contribution is 0.627. The van der Waals surface area contributed by atoms with Crippen LogP contribution in [0.15, 0.2) is 47.3 Å². The molecule has 0 aliphatic rings. The molecule has 3 rings (SSSR count). The van der Waals surface area contributed by atoms with Crippen LogP contribution in [0.2, 0.25) is 0 Å². The maximum atomic E-state index is 12.8. The van der Waals surface area contributed by atoms with Crippen molar-refractivity contribution >= 4 is 21.6 Å². The summed E-state index contributed by atoms with van der Waals surface area (Å²) in [5.41, 5.74) is 1.91. The monoisotopic (exact) mass is 319 g/mol. The summed E-state index contributed by atoms with van der Waals surface area (Å²) in [7, 11) is 0. The van der Waals surface area contributed by atoms with Gasteiger partial charge in [0.1, 0.15) is 11.6 Å². The van der Waals surface area contributed by atoms with Crippen molar-refractivity contribution in [2.75, 3.05) is 0 Å². The van der Waals surface area contributed by atoms with Gasteiger partial charge in [-0.05, 0) is 46.1 Å². The Balaban J connectivity index is 1.84. The highest BCUT2D eigenvalue weighted by Crippen LogP contribution is 2.17. The molecular formula is C14H11BrFN3. The second-order valence-electron chi connectivity index (χ2n) is 4.26. The minimum absolute atomic E-state index is 0.207. The number of benzene rings is 1. The molecule has 0 aliphatic heterocycles. The van der Waals surface area contributed by atoms with Gasteiger partial charge in [0, 0.05) is 18.8 Å². The highest BCUT2D eigenvalue weighted by Gasteiger charge is 2.09. The number of aromatic nitrogens is 3. The Kier molecular flexibility index (Phi) is 3.29. The van der Waals surface area contributed by atoms with Gasteiger partial charge in [0.15, 0.2) is 10.3 Å². The number of imidazole rings is 1. The Morgan fingerprint density at radius 3 is 2.74 bits per heavy atom. The number of nitrogens with zero attached hydrogens (tertiary/aromatic N) is 3. The van der Waals surface area contributed by atoms with E-state index in [1.165, 1.54) is 12.1 Å². The van der Waals surface area contributed by atoms with Gasteiger partial charge in [-0.1, -0.05) is 12.1 Å². The molecule has 2 aromatic heterocycles. The zero-order valence-corrected chi connectivity index (χ0v) is 11.6. The Morgan fingerprint density at radius 1 is 1.16 bits per heavy atom. The van der Waals surface area contributed by atoms with E-state index < -0.39 is 0 Å². The predicted molar refractivity (Wildman–Crippen MR) is 74.5 cm³/mol. The molecule has 0 amide bonds. The second-order valence-corrected chi connectivity index (χ2v) is 5.01. The first kappa shape index (κ1) is 12.3. The van der Waals surface area contributed by atoms with Gasteiger partial charge in [-0.15, -0.1) is 0 Å². The molecule has 0 unspecified atom stereocenters. The summed E-state index contributed by atoms with van der Waals surface area (Å²) < 4.78 is 15.5. The smallest absolute Gasteiger partial charge is 0.171 e. The Labute approximate surface area is 118 Å². The molecule has 0 bridgehead atoms. The highest BCUT2D eigenvalue weighted by molar-refractivity contribution is 9.10. The van der Waals surface area contributed by atoms with E-state index in [1.807, 2.05) is 16.7 Å². The number of rotatable bonds is 3. The number of hydrogen-bond acceptors (Lipinski definition) is 2. The van der Waals surface area contributed by atoms with E-state index >= 15 is 0 Å². The fraction of sp³-hybridized carbons (Fsp3) is 0.143. The van der Waals surface area contributed by atoms with Crippen molar-refractivity contribution in [3.8, 4) is 0 Å². The molecule has 0 radical (unpaired) electrons. The first-order valence-electron chi connectivity index (χ1n) is 5.96. The van der Waals surface area contributed by atoms with Crippen LogP contribution in [0.1, 0.15) is 11.4 Å². The Bertz CT molecular complexity index is 706. The minimum atomic E-state index is -0.207. The van der Waals surface area contributed by atoms with Crippen LogP contribution in [-0.2, 0) is 12.8 Å². The summed E-state index contributed by atoms with van der Waals surface area (Å²) in [6.07, 6.45) is 5.29. The van der Waals surface area contributed by atoms with Gasteiger partial charge in [-0.2, -0.15) is 0 Å². The average molecular weight is 320 g/mol. The normalized spacial score (nSPS) is 11.1. The van der Waals surface area contributed by atoms with Crippen LogP contribution in [0.25, 0.3) is 5.65 Å². The van der Waals surface area contributed by atoms with Crippen molar-refractivity contribution in [1.29, 1.82) is 0 Å². The van der Waals surface area contributed by atoms with E-state index in [0.717, 1.165) is 34.5 Å². The third kappa shape index (κ3) is 2.51. The van der Waals surface area contributed by atoms with Gasteiger partial charge in [0.2, 0.25) is 0 Å². The Hall–Kier alpha value is -1.75. The summed E-state index contributed by atoms with van der Waals surface area (Å²) in [5, 5.41) is 0. The van der Waals surface area contributed by atoms with E-state index in [9.17, 15) is 4.39 Å². The number of hydrogen-bond donors (Lipinski definition) is 0. The third-order valence-corrected chi connectivity index (χ3v) is 3.52. The standard InChI is InChI=1S/C14H11BrFN3/c15-13-14-17-8-1-9-19(14)12(18-13)7-4-10-2-5-11(16)6-3-10/h1-3,5-6,8-9H,4,7H2. The maximum Gasteiger partial charge on any atom is 0.171 e. The predicted octanol–water partition coefficient (Wildman–Crippen LogP) is 3.42. The van der Waals surface area contributed by atoms with E-state index in [0.29, 0.717) is 0 Å². The van der Waals surface area contributed by atoms with Crippen molar-refractivity contribution in [2.45, 2.75) is 12.8 Å². The molecule has 5 heteroatoms. The van der Waals surface area contributed by atoms with Crippen LogP contribution in [0.5, 0.6) is 0 Å². The zero-order valence-electron chi connectivity index (χ0n) is 10.1. The molecule has 96 valence electrons. The lowest BCUT2D eigenvalue weighted by Crippen LogP contribution is -1.98. The summed E-state index contributed by atoms with van der Waals surface area (Å²) in [6.45, 7) is 0. The first-order chi connectivity index (χ1) is 9.24. The summed E-state index contributed by atoms with van der Waals surface area (Å²) in [6, 6.07) is 8.45. The molecular weight excluding hydrogens is 309 g/mol. The SMILES string of the molecule is Fc1ccc(CCc2nc(Br)c3ncccn23)cc1. The van der Waals surface area contributed by atoms with E-state index in [1.54, 1.807) is 18.3 Å². The average Bonchev–Trinajstić information content (AvgIpc) is 2.76. The molecule has 0 fully saturated rings. The zero-order chi connectivity index (χ0) is 13.2. The van der Waals surface area contributed by atoms with Crippen LogP contribution in [-0.4, -0.2) is 14.4 Å². The van der Waals surface area contributed by atoms with E-state index in [2.05, 4.69) is 25.9 Å². The van der Waals surface area contributed by atoms with Crippen LogP contribution >= 0.6 is 15.9 Å². The number of halogens is 2. The van der Waals surface area contributed by atoms with Gasteiger partial charge >= 0.3 is 0 Å². The number of aryl methyl sites for hydroxylation is 2. The highest BCUT2D eigenvalue weighted by atomic mass is 79.9.